The standard InChI is InChI=1S/C24H23F4N5O3S/c1-12-10-16(23(3)8-9-23)31-20(25)18(12)36-22-17(13(2)19(32-33-22)24(26,27)28)21(34)30-14-6-5-7-15(11-14)37(4,29)35/h5-7,10-11,29H,8-9H2,1-4H3,(H,30,34). The molecule has 2 N–H and O–H groups in total. The first kappa shape index (κ1) is 26.5. The Hall–Kier alpha value is -3.61. The minimum Gasteiger partial charge on any atom is -0.432 e. The van der Waals surface area contributed by atoms with Crippen molar-refractivity contribution >= 4 is 21.3 Å². The van der Waals surface area contributed by atoms with Gasteiger partial charge in [0.2, 0.25) is 0 Å². The Morgan fingerprint density at radius 3 is 2.43 bits per heavy atom. The van der Waals surface area contributed by atoms with E-state index in [1.165, 1.54) is 30.5 Å². The number of halogens is 4. The summed E-state index contributed by atoms with van der Waals surface area (Å²) < 4.78 is 80.9. The monoisotopic (exact) mass is 537 g/mol. The average molecular weight is 538 g/mol. The Morgan fingerprint density at radius 2 is 1.86 bits per heavy atom. The first-order valence-electron chi connectivity index (χ1n) is 11.1. The van der Waals surface area contributed by atoms with Crippen molar-refractivity contribution in [1.29, 1.82) is 4.78 Å². The molecule has 13 heteroatoms. The number of amides is 1. The number of aromatic nitrogens is 3. The summed E-state index contributed by atoms with van der Waals surface area (Å²) >= 11 is 0. The van der Waals surface area contributed by atoms with Crippen molar-refractivity contribution in [3.63, 3.8) is 0 Å². The van der Waals surface area contributed by atoms with Crippen LogP contribution < -0.4 is 10.1 Å². The van der Waals surface area contributed by atoms with Crippen LogP contribution in [0.5, 0.6) is 11.6 Å². The van der Waals surface area contributed by atoms with E-state index in [4.69, 9.17) is 9.52 Å². The van der Waals surface area contributed by atoms with Crippen LogP contribution in [0.2, 0.25) is 0 Å². The summed E-state index contributed by atoms with van der Waals surface area (Å²) in [6, 6.07) is 7.17. The fraction of sp³-hybridized carbons (Fsp3) is 0.333. The number of carbonyl (C=O) groups excluding carboxylic acids is 1. The zero-order chi connectivity index (χ0) is 27.3. The average Bonchev–Trinajstić information content (AvgIpc) is 3.53. The van der Waals surface area contributed by atoms with Crippen LogP contribution in [0.3, 0.4) is 0 Å². The van der Waals surface area contributed by atoms with Gasteiger partial charge in [0.15, 0.2) is 11.4 Å². The molecule has 37 heavy (non-hydrogen) atoms. The van der Waals surface area contributed by atoms with Gasteiger partial charge in [0.25, 0.3) is 17.7 Å². The van der Waals surface area contributed by atoms with E-state index >= 15 is 0 Å². The zero-order valence-electron chi connectivity index (χ0n) is 20.3. The van der Waals surface area contributed by atoms with Gasteiger partial charge >= 0.3 is 6.18 Å². The molecule has 0 radical (unpaired) electrons. The van der Waals surface area contributed by atoms with Crippen LogP contribution in [0.15, 0.2) is 35.2 Å². The SMILES string of the molecule is Cc1cc(C2(C)CC2)nc(F)c1Oc1nnc(C(F)(F)F)c(C)c1C(=O)Nc1cccc(S(C)(=N)=O)c1. The number of aryl methyl sites for hydroxylation is 1. The topological polar surface area (TPSA) is 118 Å². The molecule has 0 aliphatic heterocycles. The third-order valence-corrected chi connectivity index (χ3v) is 7.31. The molecule has 196 valence electrons. The fourth-order valence-electron chi connectivity index (χ4n) is 3.71. The van der Waals surface area contributed by atoms with Gasteiger partial charge in [0.05, 0.1) is 15.4 Å². The number of anilines is 1. The summed E-state index contributed by atoms with van der Waals surface area (Å²) in [7, 11) is -3.12. The molecule has 1 aliphatic carbocycles. The van der Waals surface area contributed by atoms with E-state index in [0.717, 1.165) is 19.8 Å². The molecule has 1 unspecified atom stereocenters. The van der Waals surface area contributed by atoms with E-state index in [9.17, 15) is 26.6 Å². The smallest absolute Gasteiger partial charge is 0.432 e. The zero-order valence-corrected chi connectivity index (χ0v) is 21.1. The van der Waals surface area contributed by atoms with E-state index in [1.54, 1.807) is 13.0 Å². The molecule has 3 aromatic rings. The number of carbonyl (C=O) groups is 1. The molecule has 1 fully saturated rings. The lowest BCUT2D eigenvalue weighted by Crippen LogP contribution is -2.21. The van der Waals surface area contributed by atoms with Crippen molar-refractivity contribution in [2.24, 2.45) is 0 Å². The van der Waals surface area contributed by atoms with E-state index in [0.29, 0.717) is 11.3 Å². The van der Waals surface area contributed by atoms with Gasteiger partial charge in [-0.25, -0.2) is 14.0 Å². The molecule has 1 aliphatic rings. The van der Waals surface area contributed by atoms with Gasteiger partial charge in [-0.05, 0) is 62.1 Å². The number of nitrogens with zero attached hydrogens (tertiary/aromatic N) is 3. The number of hydrogen-bond acceptors (Lipinski definition) is 7. The van der Waals surface area contributed by atoms with Gasteiger partial charge in [0.1, 0.15) is 5.56 Å². The molecule has 4 rings (SSSR count). The number of hydrogen-bond donors (Lipinski definition) is 2. The Balaban J connectivity index is 1.77. The van der Waals surface area contributed by atoms with Gasteiger partial charge in [-0.3, -0.25) is 4.79 Å². The third kappa shape index (κ3) is 5.41. The van der Waals surface area contributed by atoms with Crippen molar-refractivity contribution in [1.82, 2.24) is 15.2 Å². The number of alkyl halides is 3. The minimum absolute atomic E-state index is 0.0751. The van der Waals surface area contributed by atoms with Crippen LogP contribution in [-0.2, 0) is 21.3 Å². The fourth-order valence-corrected chi connectivity index (χ4v) is 4.40. The number of rotatable bonds is 6. The predicted octanol–water partition coefficient (Wildman–Crippen LogP) is 5.78. The molecular formula is C24H23F4N5O3S. The maximum absolute atomic E-state index is 14.9. The lowest BCUT2D eigenvalue weighted by molar-refractivity contribution is -0.142. The van der Waals surface area contributed by atoms with Crippen molar-refractivity contribution in [3.05, 3.63) is 64.4 Å². The molecule has 0 spiro atoms. The van der Waals surface area contributed by atoms with Crippen molar-refractivity contribution in [3.8, 4) is 11.6 Å². The third-order valence-electron chi connectivity index (χ3n) is 6.16. The predicted molar refractivity (Wildman–Crippen MR) is 127 cm³/mol. The molecule has 1 amide bonds. The number of nitrogens with one attached hydrogen (secondary N) is 2. The maximum Gasteiger partial charge on any atom is 0.435 e. The molecular weight excluding hydrogens is 514 g/mol. The van der Waals surface area contributed by atoms with Crippen LogP contribution in [-0.4, -0.2) is 31.6 Å². The highest BCUT2D eigenvalue weighted by molar-refractivity contribution is 7.91. The molecule has 1 saturated carbocycles. The number of pyridine rings is 1. The highest BCUT2D eigenvalue weighted by atomic mass is 32.2. The molecule has 2 heterocycles. The summed E-state index contributed by atoms with van der Waals surface area (Å²) in [6.45, 7) is 4.51. The first-order valence-corrected chi connectivity index (χ1v) is 13.0. The van der Waals surface area contributed by atoms with Gasteiger partial charge < -0.3 is 10.1 Å². The summed E-state index contributed by atoms with van der Waals surface area (Å²) in [6.07, 6.45) is -2.04. The van der Waals surface area contributed by atoms with Crippen LogP contribution in [0.4, 0.5) is 23.2 Å². The number of benzene rings is 1. The first-order chi connectivity index (χ1) is 17.1. The van der Waals surface area contributed by atoms with Crippen LogP contribution in [0, 0.1) is 24.6 Å². The van der Waals surface area contributed by atoms with E-state index in [1.807, 2.05) is 6.92 Å². The van der Waals surface area contributed by atoms with Crippen LogP contribution >= 0.6 is 0 Å². The van der Waals surface area contributed by atoms with Crippen molar-refractivity contribution in [2.75, 3.05) is 11.6 Å². The van der Waals surface area contributed by atoms with E-state index in [2.05, 4.69) is 20.5 Å². The second-order valence-electron chi connectivity index (χ2n) is 9.28. The summed E-state index contributed by atoms with van der Waals surface area (Å²) in [5.74, 6) is -3.08. The van der Waals surface area contributed by atoms with E-state index < -0.39 is 56.2 Å². The molecule has 1 aromatic carbocycles. The second kappa shape index (κ2) is 9.05. The van der Waals surface area contributed by atoms with Crippen LogP contribution in [0.1, 0.15) is 52.6 Å². The van der Waals surface area contributed by atoms with Crippen LogP contribution in [0.25, 0.3) is 0 Å². The Kier molecular flexibility index (Phi) is 6.47. The Labute approximate surface area is 210 Å². The quantitative estimate of drug-likeness (QED) is 0.304. The molecule has 0 bridgehead atoms. The normalized spacial score (nSPS) is 16.1. The molecule has 0 saturated heterocycles. The van der Waals surface area contributed by atoms with Gasteiger partial charge in [0, 0.05) is 22.3 Å². The molecule has 2 aromatic heterocycles. The highest BCUT2D eigenvalue weighted by Crippen LogP contribution is 2.47. The Bertz CT molecular complexity index is 1500. The summed E-state index contributed by atoms with van der Waals surface area (Å²) in [5.41, 5.74) is -1.92. The molecule has 1 atom stereocenters. The maximum atomic E-state index is 14.9. The number of ether oxygens (including phenoxy) is 1. The van der Waals surface area contributed by atoms with Gasteiger partial charge in [-0.15, -0.1) is 10.2 Å². The summed E-state index contributed by atoms with van der Waals surface area (Å²) in [5, 5.41) is 9.06. The minimum atomic E-state index is -4.92. The lowest BCUT2D eigenvalue weighted by Gasteiger charge is -2.17. The lowest BCUT2D eigenvalue weighted by atomic mass is 10.0. The van der Waals surface area contributed by atoms with E-state index in [-0.39, 0.29) is 16.0 Å². The van der Waals surface area contributed by atoms with Crippen molar-refractivity contribution < 1.29 is 31.3 Å². The van der Waals surface area contributed by atoms with Crippen molar-refractivity contribution in [2.45, 2.75) is 50.1 Å². The van der Waals surface area contributed by atoms with Gasteiger partial charge in [-0.1, -0.05) is 13.0 Å². The largest absolute Gasteiger partial charge is 0.435 e. The second-order valence-corrected chi connectivity index (χ2v) is 11.4. The molecule has 8 nitrogen and oxygen atoms in total. The summed E-state index contributed by atoms with van der Waals surface area (Å²) in [4.78, 5) is 17.3. The highest BCUT2D eigenvalue weighted by Gasteiger charge is 2.42. The Morgan fingerprint density at radius 1 is 1.19 bits per heavy atom. The van der Waals surface area contributed by atoms with Gasteiger partial charge in [-0.2, -0.15) is 17.6 Å².